The number of phenols is 1. The summed E-state index contributed by atoms with van der Waals surface area (Å²) in [4.78, 5) is 4.56. The quantitative estimate of drug-likeness (QED) is 0.309. The molecule has 0 aliphatic heterocycles. The maximum Gasteiger partial charge on any atom is 0.191 e. The third-order valence-corrected chi connectivity index (χ3v) is 4.21. The molecule has 26 heavy (non-hydrogen) atoms. The maximum absolute atomic E-state index is 13.4. The van der Waals surface area contributed by atoms with Crippen molar-refractivity contribution in [1.29, 1.82) is 0 Å². The number of rotatable bonds is 7. The number of hydrogen-bond acceptors (Lipinski definition) is 3. The molecule has 0 heterocycles. The second kappa shape index (κ2) is 12.0. The fourth-order valence-electron chi connectivity index (χ4n) is 2.35. The van der Waals surface area contributed by atoms with Crippen LogP contribution in [0.3, 0.4) is 0 Å². The Morgan fingerprint density at radius 3 is 2.50 bits per heavy atom. The third-order valence-electron chi connectivity index (χ3n) is 3.61. The van der Waals surface area contributed by atoms with Gasteiger partial charge in [0.25, 0.3) is 0 Å². The summed E-state index contributed by atoms with van der Waals surface area (Å²) in [6.45, 7) is 3.85. The van der Waals surface area contributed by atoms with Crippen LogP contribution in [0.2, 0.25) is 0 Å². The highest BCUT2D eigenvalue weighted by Gasteiger charge is 2.05. The number of aliphatic imine (C=N–C) groups is 1. The van der Waals surface area contributed by atoms with E-state index in [9.17, 15) is 9.50 Å². The van der Waals surface area contributed by atoms with Gasteiger partial charge in [-0.25, -0.2) is 9.38 Å². The summed E-state index contributed by atoms with van der Waals surface area (Å²) in [5.41, 5.74) is 3.07. The molecule has 2 rings (SSSR count). The molecular weight excluding hydrogens is 464 g/mol. The Kier molecular flexibility index (Phi) is 10.4. The van der Waals surface area contributed by atoms with Crippen LogP contribution in [0.4, 0.5) is 4.39 Å². The summed E-state index contributed by atoms with van der Waals surface area (Å²) < 4.78 is 13.4. The molecule has 2 aromatic carbocycles. The zero-order valence-electron chi connectivity index (χ0n) is 15.0. The average Bonchev–Trinajstić information content (AvgIpc) is 2.60. The molecule has 0 atom stereocenters. The van der Waals surface area contributed by atoms with Gasteiger partial charge in [0, 0.05) is 18.8 Å². The lowest BCUT2D eigenvalue weighted by atomic mass is 10.1. The van der Waals surface area contributed by atoms with E-state index in [0.29, 0.717) is 19.0 Å². The Morgan fingerprint density at radius 2 is 1.85 bits per heavy atom. The minimum absolute atomic E-state index is 0. The topological polar surface area (TPSA) is 56.7 Å². The van der Waals surface area contributed by atoms with E-state index in [-0.39, 0.29) is 35.5 Å². The molecule has 0 spiro atoms. The normalized spacial score (nSPS) is 11.0. The third kappa shape index (κ3) is 7.41. The van der Waals surface area contributed by atoms with Crippen molar-refractivity contribution in [1.82, 2.24) is 10.6 Å². The van der Waals surface area contributed by atoms with Gasteiger partial charge in [-0.15, -0.1) is 24.0 Å². The van der Waals surface area contributed by atoms with Gasteiger partial charge in [-0.2, -0.15) is 11.8 Å². The number of nitrogens with one attached hydrogen (secondary N) is 2. The highest BCUT2D eigenvalue weighted by Crippen LogP contribution is 2.16. The van der Waals surface area contributed by atoms with Crippen molar-refractivity contribution in [2.45, 2.75) is 25.8 Å². The number of halogens is 2. The van der Waals surface area contributed by atoms with E-state index >= 15 is 0 Å². The summed E-state index contributed by atoms with van der Waals surface area (Å²) in [5.74, 6) is 1.52. The van der Waals surface area contributed by atoms with E-state index in [1.807, 2.05) is 31.4 Å². The van der Waals surface area contributed by atoms with Crippen LogP contribution in [0.15, 0.2) is 47.5 Å². The van der Waals surface area contributed by atoms with Gasteiger partial charge in [-0.1, -0.05) is 18.2 Å². The molecule has 0 unspecified atom stereocenters. The van der Waals surface area contributed by atoms with Crippen molar-refractivity contribution >= 4 is 41.7 Å². The lowest BCUT2D eigenvalue weighted by molar-refractivity contribution is 0.475. The Morgan fingerprint density at radius 1 is 1.12 bits per heavy atom. The minimum atomic E-state index is -0.208. The molecule has 0 aliphatic carbocycles. The van der Waals surface area contributed by atoms with Crippen molar-refractivity contribution < 1.29 is 9.50 Å². The van der Waals surface area contributed by atoms with Crippen LogP contribution in [0.25, 0.3) is 0 Å². The number of phenolic OH excluding ortho intramolecular Hbond substituents is 1. The number of benzene rings is 2. The molecule has 0 saturated heterocycles. The van der Waals surface area contributed by atoms with E-state index in [2.05, 4.69) is 15.6 Å². The molecule has 0 amide bonds. The van der Waals surface area contributed by atoms with Gasteiger partial charge in [0.1, 0.15) is 11.6 Å². The van der Waals surface area contributed by atoms with Gasteiger partial charge in [-0.05, 0) is 54.1 Å². The van der Waals surface area contributed by atoms with Crippen LogP contribution in [0.5, 0.6) is 5.75 Å². The van der Waals surface area contributed by atoms with Crippen molar-refractivity contribution in [3.63, 3.8) is 0 Å². The lowest BCUT2D eigenvalue weighted by Crippen LogP contribution is -2.37. The van der Waals surface area contributed by atoms with Crippen LogP contribution in [-0.2, 0) is 18.8 Å². The fraction of sp³-hybridized carbons (Fsp3) is 0.316. The predicted octanol–water partition coefficient (Wildman–Crippen LogP) is 4.27. The second-order valence-electron chi connectivity index (χ2n) is 5.56. The zero-order valence-corrected chi connectivity index (χ0v) is 18.1. The van der Waals surface area contributed by atoms with E-state index in [1.165, 1.54) is 6.07 Å². The minimum Gasteiger partial charge on any atom is -0.508 e. The molecule has 7 heteroatoms. The molecule has 0 saturated carbocycles. The highest BCUT2D eigenvalue weighted by molar-refractivity contribution is 14.0. The molecule has 0 fully saturated rings. The number of thioether (sulfide) groups is 1. The molecule has 0 radical (unpaired) electrons. The van der Waals surface area contributed by atoms with Crippen molar-refractivity contribution in [3.8, 4) is 5.75 Å². The predicted molar refractivity (Wildman–Crippen MR) is 119 cm³/mol. The lowest BCUT2D eigenvalue weighted by Gasteiger charge is -2.14. The van der Waals surface area contributed by atoms with Crippen molar-refractivity contribution in [2.75, 3.05) is 12.8 Å². The standard InChI is InChI=1S/C19H24FN3OS.HI/c1-3-21-19(22-11-14-4-8-18(24)9-5-14)23-12-15-6-7-17(20)10-16(15)13-25-2;/h4-10,24H,3,11-13H2,1-2H3,(H2,21,22,23);1H. The molecule has 142 valence electrons. The van der Waals surface area contributed by atoms with Crippen molar-refractivity contribution in [3.05, 3.63) is 65.0 Å². The number of hydrogen-bond donors (Lipinski definition) is 3. The highest BCUT2D eigenvalue weighted by atomic mass is 127. The van der Waals surface area contributed by atoms with Crippen LogP contribution < -0.4 is 10.6 Å². The first kappa shape index (κ1) is 22.6. The Balaban J connectivity index is 0.00000338. The molecular formula is C19H25FIN3OS. The summed E-state index contributed by atoms with van der Waals surface area (Å²) >= 11 is 1.67. The van der Waals surface area contributed by atoms with E-state index < -0.39 is 0 Å². The van der Waals surface area contributed by atoms with Gasteiger partial charge >= 0.3 is 0 Å². The smallest absolute Gasteiger partial charge is 0.191 e. The van der Waals surface area contributed by atoms with E-state index in [4.69, 9.17) is 0 Å². The zero-order chi connectivity index (χ0) is 18.1. The molecule has 0 aliphatic rings. The SMILES string of the molecule is CCNC(=NCc1ccc(O)cc1)NCc1ccc(F)cc1CSC.I. The Bertz CT molecular complexity index is 710. The monoisotopic (exact) mass is 489 g/mol. The van der Waals surface area contributed by atoms with Gasteiger partial charge in [0.2, 0.25) is 0 Å². The Labute approximate surface area is 175 Å². The van der Waals surface area contributed by atoms with Crippen LogP contribution in [-0.4, -0.2) is 23.9 Å². The second-order valence-corrected chi connectivity index (χ2v) is 6.43. The van der Waals surface area contributed by atoms with Gasteiger partial charge in [-0.3, -0.25) is 0 Å². The molecule has 0 aromatic heterocycles. The summed E-state index contributed by atoms with van der Waals surface area (Å²) in [6.07, 6.45) is 2.01. The largest absolute Gasteiger partial charge is 0.508 e. The summed E-state index contributed by atoms with van der Waals surface area (Å²) in [6, 6.07) is 11.9. The number of nitrogens with zero attached hydrogens (tertiary/aromatic N) is 1. The molecule has 0 bridgehead atoms. The van der Waals surface area contributed by atoms with Gasteiger partial charge in [0.15, 0.2) is 5.96 Å². The van der Waals surface area contributed by atoms with Crippen LogP contribution >= 0.6 is 35.7 Å². The van der Waals surface area contributed by atoms with Gasteiger partial charge in [0.05, 0.1) is 6.54 Å². The van der Waals surface area contributed by atoms with Crippen molar-refractivity contribution in [2.24, 2.45) is 4.99 Å². The first-order valence-corrected chi connectivity index (χ1v) is 9.58. The molecule has 3 N–H and O–H groups in total. The van der Waals surface area contributed by atoms with Gasteiger partial charge < -0.3 is 15.7 Å². The molecule has 4 nitrogen and oxygen atoms in total. The average molecular weight is 489 g/mol. The van der Waals surface area contributed by atoms with E-state index in [1.54, 1.807) is 30.0 Å². The molecule has 2 aromatic rings. The summed E-state index contributed by atoms with van der Waals surface area (Å²) in [5, 5.41) is 15.8. The number of guanidine groups is 1. The van der Waals surface area contributed by atoms with Crippen LogP contribution in [0, 0.1) is 5.82 Å². The maximum atomic E-state index is 13.4. The first-order chi connectivity index (χ1) is 12.1. The summed E-state index contributed by atoms with van der Waals surface area (Å²) in [7, 11) is 0. The Hall–Kier alpha value is -1.48. The van der Waals surface area contributed by atoms with Crippen LogP contribution in [0.1, 0.15) is 23.6 Å². The number of aromatic hydroxyl groups is 1. The first-order valence-electron chi connectivity index (χ1n) is 8.18. The van der Waals surface area contributed by atoms with E-state index in [0.717, 1.165) is 29.0 Å². The fourth-order valence-corrected chi connectivity index (χ4v) is 2.93.